The maximum Gasteiger partial charge on any atom is 0.259 e. The largest absolute Gasteiger partial charge is 0.508 e. The Hall–Kier alpha value is -2.12. The first kappa shape index (κ1) is 15.3. The van der Waals surface area contributed by atoms with Crippen molar-refractivity contribution in [2.75, 3.05) is 5.32 Å². The Morgan fingerprint density at radius 1 is 1.14 bits per heavy atom. The number of aromatic hydroxyl groups is 2. The fourth-order valence-electron chi connectivity index (χ4n) is 1.72. The Balaban J connectivity index is 2.36. The highest BCUT2D eigenvalue weighted by molar-refractivity contribution is 9.10. The van der Waals surface area contributed by atoms with Crippen molar-refractivity contribution in [2.45, 2.75) is 0 Å². The fraction of sp³-hybridized carbons (Fsp3) is 0. The third-order valence-corrected chi connectivity index (χ3v) is 3.43. The molecular weight excluding hydrogens is 356 g/mol. The summed E-state index contributed by atoms with van der Waals surface area (Å²) in [6.07, 6.45) is 0. The molecule has 0 aromatic heterocycles. The van der Waals surface area contributed by atoms with E-state index in [0.29, 0.717) is 11.3 Å². The van der Waals surface area contributed by atoms with E-state index < -0.39 is 5.91 Å². The molecule has 108 valence electrons. The Bertz CT molecular complexity index is 734. The van der Waals surface area contributed by atoms with E-state index in [1.54, 1.807) is 18.2 Å². The normalized spacial score (nSPS) is 10.1. The molecule has 0 aliphatic rings. The maximum absolute atomic E-state index is 12.2. The molecule has 5 nitrogen and oxygen atoms in total. The first-order valence-corrected chi connectivity index (χ1v) is 7.01. The molecule has 0 saturated heterocycles. The highest BCUT2D eigenvalue weighted by Gasteiger charge is 2.15. The molecule has 0 radical (unpaired) electrons. The summed E-state index contributed by atoms with van der Waals surface area (Å²) in [5, 5.41) is 21.7. The Morgan fingerprint density at radius 3 is 2.52 bits per heavy atom. The number of benzene rings is 2. The lowest BCUT2D eigenvalue weighted by atomic mass is 10.1. The summed E-state index contributed by atoms with van der Waals surface area (Å²) < 4.78 is 0.767. The van der Waals surface area contributed by atoms with Crippen LogP contribution in [0, 0.1) is 0 Å². The highest BCUT2D eigenvalue weighted by Crippen LogP contribution is 2.25. The summed E-state index contributed by atoms with van der Waals surface area (Å²) in [6, 6.07) is 8.73. The van der Waals surface area contributed by atoms with Gasteiger partial charge in [-0.15, -0.1) is 0 Å². The number of hydrogen-bond donors (Lipinski definition) is 4. The van der Waals surface area contributed by atoms with Gasteiger partial charge in [-0.05, 0) is 36.4 Å². The minimum Gasteiger partial charge on any atom is -0.508 e. The summed E-state index contributed by atoms with van der Waals surface area (Å²) in [5.74, 6) is -0.939. The van der Waals surface area contributed by atoms with Crippen LogP contribution in [0.15, 0.2) is 40.9 Å². The average Bonchev–Trinajstić information content (AvgIpc) is 2.43. The number of hydrogen-bond acceptors (Lipinski definition) is 4. The summed E-state index contributed by atoms with van der Waals surface area (Å²) >= 11 is 8.24. The molecule has 0 aliphatic carbocycles. The van der Waals surface area contributed by atoms with Crippen LogP contribution in [-0.2, 0) is 0 Å². The Labute approximate surface area is 134 Å². The third kappa shape index (κ3) is 3.50. The average molecular weight is 367 g/mol. The van der Waals surface area contributed by atoms with Gasteiger partial charge in [0.2, 0.25) is 0 Å². The van der Waals surface area contributed by atoms with Crippen molar-refractivity contribution < 1.29 is 15.0 Å². The molecule has 2 aromatic rings. The van der Waals surface area contributed by atoms with Gasteiger partial charge in [0.25, 0.3) is 5.91 Å². The smallest absolute Gasteiger partial charge is 0.259 e. The Morgan fingerprint density at radius 2 is 1.86 bits per heavy atom. The van der Waals surface area contributed by atoms with E-state index in [0.717, 1.165) is 4.47 Å². The van der Waals surface area contributed by atoms with Crippen LogP contribution in [0.1, 0.15) is 15.9 Å². The number of phenols is 2. The predicted molar refractivity (Wildman–Crippen MR) is 87.8 cm³/mol. The van der Waals surface area contributed by atoms with E-state index in [2.05, 4.69) is 21.2 Å². The standard InChI is InChI=1S/C14H11BrN2O3S/c15-7-1-3-11(9(5-7)13(16)21)17-14(20)10-6-8(18)2-4-12(10)19/h1-6,18-19H,(H2,16,21)(H,17,20). The zero-order valence-electron chi connectivity index (χ0n) is 10.6. The zero-order chi connectivity index (χ0) is 15.6. The second-order valence-corrected chi connectivity index (χ2v) is 5.57. The number of nitrogens with one attached hydrogen (secondary N) is 1. The van der Waals surface area contributed by atoms with Crippen LogP contribution < -0.4 is 11.1 Å². The molecule has 0 unspecified atom stereocenters. The topological polar surface area (TPSA) is 95.6 Å². The van der Waals surface area contributed by atoms with E-state index >= 15 is 0 Å². The lowest BCUT2D eigenvalue weighted by molar-refractivity contribution is 0.102. The number of carbonyl (C=O) groups excluding carboxylic acids is 1. The number of halogens is 1. The van der Waals surface area contributed by atoms with Crippen LogP contribution in [0.2, 0.25) is 0 Å². The number of anilines is 1. The summed E-state index contributed by atoms with van der Waals surface area (Å²) in [5.41, 5.74) is 6.48. The van der Waals surface area contributed by atoms with Gasteiger partial charge in [-0.3, -0.25) is 4.79 Å². The predicted octanol–water partition coefficient (Wildman–Crippen LogP) is 2.75. The summed E-state index contributed by atoms with van der Waals surface area (Å²) in [4.78, 5) is 12.3. The molecule has 0 bridgehead atoms. The van der Waals surface area contributed by atoms with E-state index in [9.17, 15) is 15.0 Å². The van der Waals surface area contributed by atoms with E-state index in [4.69, 9.17) is 18.0 Å². The SMILES string of the molecule is NC(=S)c1cc(Br)ccc1NC(=O)c1cc(O)ccc1O. The van der Waals surface area contributed by atoms with E-state index in [1.807, 2.05) is 0 Å². The molecule has 0 aliphatic heterocycles. The van der Waals surface area contributed by atoms with Crippen molar-refractivity contribution in [2.24, 2.45) is 5.73 Å². The molecule has 1 amide bonds. The molecule has 0 atom stereocenters. The van der Waals surface area contributed by atoms with Gasteiger partial charge in [0.05, 0.1) is 11.3 Å². The summed E-state index contributed by atoms with van der Waals surface area (Å²) in [7, 11) is 0. The maximum atomic E-state index is 12.2. The van der Waals surface area contributed by atoms with Crippen LogP contribution in [0.25, 0.3) is 0 Å². The van der Waals surface area contributed by atoms with E-state index in [1.165, 1.54) is 18.2 Å². The molecule has 0 fully saturated rings. The van der Waals surface area contributed by atoms with Crippen molar-refractivity contribution >= 4 is 44.7 Å². The number of rotatable bonds is 3. The van der Waals surface area contributed by atoms with Crippen LogP contribution >= 0.6 is 28.1 Å². The van der Waals surface area contributed by atoms with Gasteiger partial charge in [-0.2, -0.15) is 0 Å². The molecule has 2 aromatic carbocycles. The lowest BCUT2D eigenvalue weighted by Gasteiger charge is -2.11. The molecule has 21 heavy (non-hydrogen) atoms. The van der Waals surface area contributed by atoms with Gasteiger partial charge >= 0.3 is 0 Å². The molecule has 5 N–H and O–H groups in total. The van der Waals surface area contributed by atoms with Gasteiger partial charge in [0.1, 0.15) is 16.5 Å². The number of carbonyl (C=O) groups is 1. The minimum atomic E-state index is -0.580. The van der Waals surface area contributed by atoms with Crippen molar-refractivity contribution in [1.82, 2.24) is 0 Å². The monoisotopic (exact) mass is 366 g/mol. The van der Waals surface area contributed by atoms with Gasteiger partial charge in [-0.1, -0.05) is 28.1 Å². The Kier molecular flexibility index (Phi) is 4.44. The summed E-state index contributed by atoms with van der Waals surface area (Å²) in [6.45, 7) is 0. The molecule has 0 heterocycles. The lowest BCUT2D eigenvalue weighted by Crippen LogP contribution is -2.17. The molecule has 2 rings (SSSR count). The van der Waals surface area contributed by atoms with Crippen molar-refractivity contribution in [3.05, 3.63) is 52.0 Å². The quantitative estimate of drug-likeness (QED) is 0.494. The number of thiocarbonyl (C=S) groups is 1. The molecule has 0 saturated carbocycles. The number of nitrogens with two attached hydrogens (primary N) is 1. The van der Waals surface area contributed by atoms with Crippen LogP contribution in [0.4, 0.5) is 5.69 Å². The van der Waals surface area contributed by atoms with Crippen molar-refractivity contribution in [3.8, 4) is 11.5 Å². The first-order chi connectivity index (χ1) is 9.88. The molecular formula is C14H11BrN2O3S. The third-order valence-electron chi connectivity index (χ3n) is 2.72. The van der Waals surface area contributed by atoms with Crippen LogP contribution in [0.5, 0.6) is 11.5 Å². The molecule has 7 heteroatoms. The van der Waals surface area contributed by atoms with Gasteiger partial charge in [0, 0.05) is 10.0 Å². The number of phenolic OH excluding ortho intramolecular Hbond substituents is 2. The van der Waals surface area contributed by atoms with Crippen molar-refractivity contribution in [1.29, 1.82) is 0 Å². The molecule has 0 spiro atoms. The van der Waals surface area contributed by atoms with Crippen LogP contribution in [0.3, 0.4) is 0 Å². The minimum absolute atomic E-state index is 0.0493. The zero-order valence-corrected chi connectivity index (χ0v) is 13.0. The van der Waals surface area contributed by atoms with Gasteiger partial charge in [0.15, 0.2) is 0 Å². The van der Waals surface area contributed by atoms with E-state index in [-0.39, 0.29) is 22.1 Å². The number of amides is 1. The van der Waals surface area contributed by atoms with Crippen LogP contribution in [-0.4, -0.2) is 21.1 Å². The van der Waals surface area contributed by atoms with Gasteiger partial charge in [-0.25, -0.2) is 0 Å². The first-order valence-electron chi connectivity index (χ1n) is 5.81. The van der Waals surface area contributed by atoms with Crippen molar-refractivity contribution in [3.63, 3.8) is 0 Å². The van der Waals surface area contributed by atoms with Gasteiger partial charge < -0.3 is 21.3 Å². The fourth-order valence-corrected chi connectivity index (χ4v) is 2.25. The highest BCUT2D eigenvalue weighted by atomic mass is 79.9. The second-order valence-electron chi connectivity index (χ2n) is 4.21. The second kappa shape index (κ2) is 6.11.